The van der Waals surface area contributed by atoms with Crippen LogP contribution in [0.5, 0.6) is 5.75 Å². The molecular weight excluding hydrogens is 273 g/mol. The minimum absolute atomic E-state index is 0.0926. The molecule has 2 aromatic rings. The summed E-state index contributed by atoms with van der Waals surface area (Å²) < 4.78 is 18.6. The molecule has 0 saturated heterocycles. The maximum atomic E-state index is 13.7. The highest BCUT2D eigenvalue weighted by atomic mass is 32.1. The minimum Gasteiger partial charge on any atom is -0.494 e. The molecule has 0 aliphatic carbocycles. The van der Waals surface area contributed by atoms with Crippen LogP contribution >= 0.6 is 11.3 Å². The molecule has 0 saturated carbocycles. The number of aryl methyl sites for hydroxylation is 2. The molecule has 1 aromatic heterocycles. The molecule has 1 aromatic carbocycles. The van der Waals surface area contributed by atoms with Crippen LogP contribution < -0.4 is 10.1 Å². The summed E-state index contributed by atoms with van der Waals surface area (Å²) in [5, 5.41) is 3.43. The van der Waals surface area contributed by atoms with E-state index in [1.165, 1.54) is 28.5 Å². The maximum Gasteiger partial charge on any atom is 0.165 e. The fourth-order valence-electron chi connectivity index (χ4n) is 2.19. The van der Waals surface area contributed by atoms with Crippen molar-refractivity contribution in [2.45, 2.75) is 33.4 Å². The molecule has 2 rings (SSSR count). The van der Waals surface area contributed by atoms with E-state index in [0.717, 1.165) is 12.1 Å². The van der Waals surface area contributed by atoms with Crippen molar-refractivity contribution in [3.05, 3.63) is 51.0 Å². The molecule has 1 heterocycles. The van der Waals surface area contributed by atoms with E-state index in [2.05, 4.69) is 25.2 Å². The Bertz CT molecular complexity index is 594. The zero-order chi connectivity index (χ0) is 14.7. The Kier molecular flexibility index (Phi) is 4.78. The Morgan fingerprint density at radius 3 is 2.60 bits per heavy atom. The fraction of sp³-hybridized carbons (Fsp3) is 0.375. The molecule has 0 amide bonds. The first-order chi connectivity index (χ1) is 9.51. The highest BCUT2D eigenvalue weighted by molar-refractivity contribution is 7.12. The molecular formula is C16H20FNOS. The SMILES string of the molecule is COc1ccc(C(C)NCc2cc(C)sc2C)cc1F. The van der Waals surface area contributed by atoms with Crippen LogP contribution in [-0.2, 0) is 6.54 Å². The Morgan fingerprint density at radius 2 is 2.05 bits per heavy atom. The number of hydrogen-bond acceptors (Lipinski definition) is 3. The molecule has 0 aliphatic heterocycles. The number of methoxy groups -OCH3 is 1. The Balaban J connectivity index is 2.03. The lowest BCUT2D eigenvalue weighted by atomic mass is 10.1. The summed E-state index contributed by atoms with van der Waals surface area (Å²) in [6, 6.07) is 7.39. The van der Waals surface area contributed by atoms with Gasteiger partial charge in [0.2, 0.25) is 0 Å². The third-order valence-corrected chi connectivity index (χ3v) is 4.43. The van der Waals surface area contributed by atoms with Gasteiger partial charge in [-0.2, -0.15) is 0 Å². The molecule has 1 atom stereocenters. The predicted octanol–water partition coefficient (Wildman–Crippen LogP) is 4.36. The van der Waals surface area contributed by atoms with Gasteiger partial charge in [0.05, 0.1) is 7.11 Å². The molecule has 1 unspecified atom stereocenters. The molecule has 0 bridgehead atoms. The van der Waals surface area contributed by atoms with Gasteiger partial charge in [-0.3, -0.25) is 0 Å². The van der Waals surface area contributed by atoms with E-state index in [-0.39, 0.29) is 17.6 Å². The van der Waals surface area contributed by atoms with Crippen LogP contribution in [0.25, 0.3) is 0 Å². The summed E-state index contributed by atoms with van der Waals surface area (Å²) >= 11 is 1.81. The number of halogens is 1. The molecule has 1 N–H and O–H groups in total. The van der Waals surface area contributed by atoms with Crippen molar-refractivity contribution >= 4 is 11.3 Å². The van der Waals surface area contributed by atoms with E-state index < -0.39 is 0 Å². The van der Waals surface area contributed by atoms with Gasteiger partial charge in [-0.25, -0.2) is 4.39 Å². The van der Waals surface area contributed by atoms with Crippen molar-refractivity contribution in [1.29, 1.82) is 0 Å². The van der Waals surface area contributed by atoms with Crippen molar-refractivity contribution in [1.82, 2.24) is 5.32 Å². The summed E-state index contributed by atoms with van der Waals surface area (Å²) in [6.45, 7) is 7.08. The van der Waals surface area contributed by atoms with Crippen molar-refractivity contribution in [2.24, 2.45) is 0 Å². The summed E-state index contributed by atoms with van der Waals surface area (Å²) in [5.74, 6) is -0.0357. The van der Waals surface area contributed by atoms with Crippen LogP contribution in [0.2, 0.25) is 0 Å². The Labute approximate surface area is 123 Å². The second-order valence-electron chi connectivity index (χ2n) is 4.94. The zero-order valence-corrected chi connectivity index (χ0v) is 13.1. The predicted molar refractivity (Wildman–Crippen MR) is 82.0 cm³/mol. The van der Waals surface area contributed by atoms with Crippen molar-refractivity contribution in [3.8, 4) is 5.75 Å². The van der Waals surface area contributed by atoms with Gasteiger partial charge < -0.3 is 10.1 Å². The standard InChI is InChI=1S/C16H20FNOS/c1-10-7-14(12(3)20-10)9-18-11(2)13-5-6-16(19-4)15(17)8-13/h5-8,11,18H,9H2,1-4H3. The van der Waals surface area contributed by atoms with Crippen molar-refractivity contribution in [3.63, 3.8) is 0 Å². The number of hydrogen-bond donors (Lipinski definition) is 1. The van der Waals surface area contributed by atoms with Gasteiger partial charge in [0.1, 0.15) is 0 Å². The molecule has 108 valence electrons. The zero-order valence-electron chi connectivity index (χ0n) is 12.3. The highest BCUT2D eigenvalue weighted by Gasteiger charge is 2.10. The van der Waals surface area contributed by atoms with E-state index in [4.69, 9.17) is 4.74 Å². The Hall–Kier alpha value is -1.39. The lowest BCUT2D eigenvalue weighted by molar-refractivity contribution is 0.385. The third kappa shape index (κ3) is 3.38. The van der Waals surface area contributed by atoms with Gasteiger partial charge in [0.25, 0.3) is 0 Å². The average Bonchev–Trinajstić information content (AvgIpc) is 2.74. The quantitative estimate of drug-likeness (QED) is 0.884. The minimum atomic E-state index is -0.318. The van der Waals surface area contributed by atoms with E-state index in [1.807, 2.05) is 24.3 Å². The summed E-state index contributed by atoms with van der Waals surface area (Å²) in [4.78, 5) is 2.66. The van der Waals surface area contributed by atoms with Gasteiger partial charge in [-0.05, 0) is 50.1 Å². The molecule has 0 aliphatic rings. The van der Waals surface area contributed by atoms with Gasteiger partial charge in [-0.1, -0.05) is 6.07 Å². The first kappa shape index (κ1) is 15.0. The van der Waals surface area contributed by atoms with Crippen LogP contribution in [0.4, 0.5) is 4.39 Å². The number of benzene rings is 1. The molecule has 2 nitrogen and oxygen atoms in total. The fourth-order valence-corrected chi connectivity index (χ4v) is 3.14. The second-order valence-corrected chi connectivity index (χ2v) is 6.40. The number of thiophene rings is 1. The van der Waals surface area contributed by atoms with E-state index in [0.29, 0.717) is 0 Å². The second kappa shape index (κ2) is 6.37. The maximum absolute atomic E-state index is 13.7. The average molecular weight is 293 g/mol. The first-order valence-corrected chi connectivity index (χ1v) is 7.45. The van der Waals surface area contributed by atoms with E-state index in [9.17, 15) is 4.39 Å². The van der Waals surface area contributed by atoms with Crippen LogP contribution in [-0.4, -0.2) is 7.11 Å². The van der Waals surface area contributed by atoms with Crippen LogP contribution in [0.3, 0.4) is 0 Å². The number of nitrogens with one attached hydrogen (secondary N) is 1. The highest BCUT2D eigenvalue weighted by Crippen LogP contribution is 2.24. The lowest BCUT2D eigenvalue weighted by Gasteiger charge is -2.15. The monoisotopic (exact) mass is 293 g/mol. The number of rotatable bonds is 5. The summed E-state index contributed by atoms with van der Waals surface area (Å²) in [6.07, 6.45) is 0. The largest absolute Gasteiger partial charge is 0.494 e. The lowest BCUT2D eigenvalue weighted by Crippen LogP contribution is -2.18. The number of ether oxygens (including phenoxy) is 1. The topological polar surface area (TPSA) is 21.3 Å². The van der Waals surface area contributed by atoms with Crippen LogP contribution in [0.1, 0.15) is 33.8 Å². The van der Waals surface area contributed by atoms with E-state index >= 15 is 0 Å². The van der Waals surface area contributed by atoms with Crippen LogP contribution in [0, 0.1) is 19.7 Å². The van der Waals surface area contributed by atoms with Crippen molar-refractivity contribution in [2.75, 3.05) is 7.11 Å². The molecule has 0 spiro atoms. The summed E-state index contributed by atoms with van der Waals surface area (Å²) in [5.41, 5.74) is 2.24. The molecule has 0 fully saturated rings. The third-order valence-electron chi connectivity index (χ3n) is 3.42. The first-order valence-electron chi connectivity index (χ1n) is 6.64. The van der Waals surface area contributed by atoms with E-state index in [1.54, 1.807) is 6.07 Å². The van der Waals surface area contributed by atoms with Gasteiger partial charge in [0, 0.05) is 22.3 Å². The van der Waals surface area contributed by atoms with Gasteiger partial charge in [0.15, 0.2) is 11.6 Å². The smallest absolute Gasteiger partial charge is 0.165 e. The molecule has 20 heavy (non-hydrogen) atoms. The molecule has 4 heteroatoms. The van der Waals surface area contributed by atoms with Crippen LogP contribution in [0.15, 0.2) is 24.3 Å². The van der Waals surface area contributed by atoms with Gasteiger partial charge >= 0.3 is 0 Å². The Morgan fingerprint density at radius 1 is 1.30 bits per heavy atom. The summed E-state index contributed by atoms with van der Waals surface area (Å²) in [7, 11) is 1.47. The van der Waals surface area contributed by atoms with Gasteiger partial charge in [-0.15, -0.1) is 11.3 Å². The normalized spacial score (nSPS) is 12.4. The molecule has 0 radical (unpaired) electrons. The van der Waals surface area contributed by atoms with Crippen molar-refractivity contribution < 1.29 is 9.13 Å².